The van der Waals surface area contributed by atoms with Gasteiger partial charge in [0.05, 0.1) is 36.2 Å². The molecule has 2 N–H and O–H groups in total. The van der Waals surface area contributed by atoms with Gasteiger partial charge < -0.3 is 20.1 Å². The van der Waals surface area contributed by atoms with E-state index in [9.17, 15) is 9.59 Å². The highest BCUT2D eigenvalue weighted by atomic mass is 16.5. The van der Waals surface area contributed by atoms with Gasteiger partial charge in [0.15, 0.2) is 0 Å². The molecular formula is C22H21N3O4. The number of carbonyl (C=O) groups excluding carboxylic acids is 2. The van der Waals surface area contributed by atoms with Crippen LogP contribution >= 0.6 is 0 Å². The maximum Gasteiger partial charge on any atom is 0.339 e. The number of esters is 1. The fourth-order valence-corrected chi connectivity index (χ4v) is 2.67. The lowest BCUT2D eigenvalue weighted by molar-refractivity contribution is 0.0601. The second-order valence-corrected chi connectivity index (χ2v) is 5.98. The van der Waals surface area contributed by atoms with Gasteiger partial charge in [-0.15, -0.1) is 0 Å². The fraction of sp³-hybridized carbons (Fsp3) is 0.136. The van der Waals surface area contributed by atoms with Crippen LogP contribution in [0.5, 0.6) is 5.75 Å². The topological polar surface area (TPSA) is 89.6 Å². The van der Waals surface area contributed by atoms with E-state index < -0.39 is 5.97 Å². The number of rotatable bonds is 7. The van der Waals surface area contributed by atoms with Gasteiger partial charge >= 0.3 is 5.97 Å². The smallest absolute Gasteiger partial charge is 0.339 e. The Bertz CT molecular complexity index is 1000. The quantitative estimate of drug-likeness (QED) is 0.585. The van der Waals surface area contributed by atoms with Gasteiger partial charge in [0.2, 0.25) is 0 Å². The first kappa shape index (κ1) is 19.9. The van der Waals surface area contributed by atoms with Crippen LogP contribution in [0.3, 0.4) is 0 Å². The van der Waals surface area contributed by atoms with Gasteiger partial charge in [-0.2, -0.15) is 0 Å². The lowest BCUT2D eigenvalue weighted by Gasteiger charge is -2.12. The van der Waals surface area contributed by atoms with Crippen LogP contribution in [0.4, 0.5) is 17.2 Å². The number of benzene rings is 2. The Hall–Kier alpha value is -3.87. The molecule has 0 saturated heterocycles. The largest absolute Gasteiger partial charge is 0.492 e. The van der Waals surface area contributed by atoms with E-state index in [-0.39, 0.29) is 5.91 Å². The van der Waals surface area contributed by atoms with E-state index in [1.165, 1.54) is 13.3 Å². The van der Waals surface area contributed by atoms with Gasteiger partial charge in [-0.05, 0) is 43.3 Å². The fourth-order valence-electron chi connectivity index (χ4n) is 2.67. The van der Waals surface area contributed by atoms with Gasteiger partial charge in [-0.3, -0.25) is 4.79 Å². The molecule has 0 aliphatic carbocycles. The molecule has 0 bridgehead atoms. The van der Waals surface area contributed by atoms with Crippen molar-refractivity contribution in [2.24, 2.45) is 0 Å². The minimum absolute atomic E-state index is 0.300. The summed E-state index contributed by atoms with van der Waals surface area (Å²) in [5.41, 5.74) is 1.94. The highest BCUT2D eigenvalue weighted by Crippen LogP contribution is 2.25. The van der Waals surface area contributed by atoms with Gasteiger partial charge in [-0.1, -0.05) is 24.3 Å². The summed E-state index contributed by atoms with van der Waals surface area (Å²) in [7, 11) is 1.33. The number of para-hydroxylation sites is 3. The van der Waals surface area contributed by atoms with Crippen LogP contribution in [0, 0.1) is 0 Å². The molecule has 2 aromatic carbocycles. The second kappa shape index (κ2) is 9.36. The Labute approximate surface area is 168 Å². The molecular weight excluding hydrogens is 370 g/mol. The maximum absolute atomic E-state index is 12.5. The average molecular weight is 391 g/mol. The maximum atomic E-state index is 12.5. The molecule has 3 rings (SSSR count). The van der Waals surface area contributed by atoms with E-state index >= 15 is 0 Å². The minimum Gasteiger partial charge on any atom is -0.492 e. The van der Waals surface area contributed by atoms with Crippen LogP contribution in [-0.4, -0.2) is 30.6 Å². The molecule has 0 aliphatic rings. The molecule has 7 nitrogen and oxygen atoms in total. The first-order chi connectivity index (χ1) is 14.1. The molecule has 0 saturated carbocycles. The van der Waals surface area contributed by atoms with Crippen molar-refractivity contribution in [3.8, 4) is 5.75 Å². The van der Waals surface area contributed by atoms with E-state index in [1.807, 2.05) is 19.1 Å². The summed E-state index contributed by atoms with van der Waals surface area (Å²) in [5, 5.41) is 5.89. The number of nitrogens with zero attached hydrogens (tertiary/aromatic N) is 1. The summed E-state index contributed by atoms with van der Waals surface area (Å²) in [6.07, 6.45) is 1.46. The number of carbonyl (C=O) groups is 2. The lowest BCUT2D eigenvalue weighted by Crippen LogP contribution is -2.13. The van der Waals surface area contributed by atoms with Crippen molar-refractivity contribution in [3.05, 3.63) is 78.0 Å². The molecule has 0 spiro atoms. The standard InChI is InChI=1S/C22H21N3O4/c1-3-29-19-11-7-6-10-18(19)25-21(26)15-12-13-20(23-14-15)24-17-9-5-4-8-16(17)22(27)28-2/h4-14H,3H2,1-2H3,(H,23,24)(H,25,26). The van der Waals surface area contributed by atoms with E-state index in [0.717, 1.165) is 0 Å². The van der Waals surface area contributed by atoms with Crippen LogP contribution in [0.15, 0.2) is 66.9 Å². The molecule has 0 atom stereocenters. The summed E-state index contributed by atoms with van der Waals surface area (Å²) >= 11 is 0. The number of anilines is 3. The zero-order valence-electron chi connectivity index (χ0n) is 16.1. The Morgan fingerprint density at radius 1 is 0.966 bits per heavy atom. The van der Waals surface area contributed by atoms with Crippen LogP contribution in [0.2, 0.25) is 0 Å². The van der Waals surface area contributed by atoms with Crippen molar-refractivity contribution in [3.63, 3.8) is 0 Å². The van der Waals surface area contributed by atoms with E-state index in [4.69, 9.17) is 9.47 Å². The first-order valence-corrected chi connectivity index (χ1v) is 9.06. The third-order valence-corrected chi connectivity index (χ3v) is 4.06. The second-order valence-electron chi connectivity index (χ2n) is 5.98. The zero-order chi connectivity index (χ0) is 20.6. The highest BCUT2D eigenvalue weighted by molar-refractivity contribution is 6.05. The normalized spacial score (nSPS) is 10.1. The SMILES string of the molecule is CCOc1ccccc1NC(=O)c1ccc(Nc2ccccc2C(=O)OC)nc1. The Morgan fingerprint density at radius 3 is 2.38 bits per heavy atom. The number of pyridine rings is 1. The van der Waals surface area contributed by atoms with Gasteiger partial charge in [-0.25, -0.2) is 9.78 Å². The van der Waals surface area contributed by atoms with Crippen molar-refractivity contribution in [1.82, 2.24) is 4.98 Å². The first-order valence-electron chi connectivity index (χ1n) is 9.06. The molecule has 0 unspecified atom stereocenters. The number of methoxy groups -OCH3 is 1. The predicted octanol–water partition coefficient (Wildman–Crippen LogP) is 4.26. The number of aromatic nitrogens is 1. The van der Waals surface area contributed by atoms with Crippen LogP contribution in [-0.2, 0) is 4.74 Å². The Balaban J connectivity index is 1.73. The molecule has 3 aromatic rings. The van der Waals surface area contributed by atoms with Crippen molar-refractivity contribution in [1.29, 1.82) is 0 Å². The number of ether oxygens (including phenoxy) is 2. The predicted molar refractivity (Wildman–Crippen MR) is 111 cm³/mol. The third kappa shape index (κ3) is 4.90. The summed E-state index contributed by atoms with van der Waals surface area (Å²) in [6.45, 7) is 2.38. The number of nitrogens with one attached hydrogen (secondary N) is 2. The number of amides is 1. The molecule has 1 heterocycles. The summed E-state index contributed by atoms with van der Waals surface area (Å²) in [5.74, 6) is 0.352. The lowest BCUT2D eigenvalue weighted by atomic mass is 10.1. The minimum atomic E-state index is -0.447. The molecule has 0 fully saturated rings. The van der Waals surface area contributed by atoms with Crippen LogP contribution in [0.1, 0.15) is 27.6 Å². The molecule has 0 radical (unpaired) electrons. The van der Waals surface area contributed by atoms with Crippen molar-refractivity contribution >= 4 is 29.1 Å². The molecule has 148 valence electrons. The monoisotopic (exact) mass is 391 g/mol. The molecule has 1 aromatic heterocycles. The van der Waals surface area contributed by atoms with Crippen molar-refractivity contribution in [2.45, 2.75) is 6.92 Å². The van der Waals surface area contributed by atoms with E-state index in [0.29, 0.717) is 40.7 Å². The Kier molecular flexibility index (Phi) is 6.42. The molecule has 29 heavy (non-hydrogen) atoms. The molecule has 7 heteroatoms. The zero-order valence-corrected chi connectivity index (χ0v) is 16.1. The molecule has 1 amide bonds. The summed E-state index contributed by atoms with van der Waals surface area (Å²) < 4.78 is 10.3. The Morgan fingerprint density at radius 2 is 1.69 bits per heavy atom. The van der Waals surface area contributed by atoms with Crippen molar-refractivity contribution < 1.29 is 19.1 Å². The van der Waals surface area contributed by atoms with Crippen LogP contribution < -0.4 is 15.4 Å². The van der Waals surface area contributed by atoms with E-state index in [1.54, 1.807) is 48.5 Å². The molecule has 0 aliphatic heterocycles. The van der Waals surface area contributed by atoms with Gasteiger partial charge in [0.1, 0.15) is 11.6 Å². The highest BCUT2D eigenvalue weighted by Gasteiger charge is 2.13. The van der Waals surface area contributed by atoms with E-state index in [2.05, 4.69) is 15.6 Å². The van der Waals surface area contributed by atoms with Crippen LogP contribution in [0.25, 0.3) is 0 Å². The third-order valence-electron chi connectivity index (χ3n) is 4.06. The van der Waals surface area contributed by atoms with Gasteiger partial charge in [0, 0.05) is 6.20 Å². The summed E-state index contributed by atoms with van der Waals surface area (Å²) in [6, 6.07) is 17.5. The van der Waals surface area contributed by atoms with Gasteiger partial charge in [0.25, 0.3) is 5.91 Å². The number of hydrogen-bond acceptors (Lipinski definition) is 6. The van der Waals surface area contributed by atoms with Crippen molar-refractivity contribution in [2.75, 3.05) is 24.4 Å². The number of hydrogen-bond donors (Lipinski definition) is 2. The summed E-state index contributed by atoms with van der Waals surface area (Å²) in [4.78, 5) is 28.7. The average Bonchev–Trinajstić information content (AvgIpc) is 2.75.